The van der Waals surface area contributed by atoms with Gasteiger partial charge in [-0.15, -0.1) is 0 Å². The van der Waals surface area contributed by atoms with Gasteiger partial charge >= 0.3 is 0 Å². The standard InChI is InChI=1S/C24H39N5O2/c1-15(2)19(28-10-7-16(3)8-11-28)14-27-24(25-4)26-9-12-29-22(30)20-17-5-6-18(13-17)21(20)23(29)31/h5-6,15-21H,7-14H2,1-4H3,(H2,25,26,27). The minimum absolute atomic E-state index is 0.0239. The van der Waals surface area contributed by atoms with Crippen LogP contribution >= 0.6 is 0 Å². The number of carbonyl (C=O) groups excluding carboxylic acids is 2. The number of fused-ring (bicyclic) bond motifs is 5. The van der Waals surface area contributed by atoms with Gasteiger partial charge in [0.2, 0.25) is 11.8 Å². The lowest BCUT2D eigenvalue weighted by molar-refractivity contribution is -0.140. The SMILES string of the molecule is CN=C(NCCN1C(=O)C2C3C=CC(C3)C2C1=O)NCC(C(C)C)N1CCC(C)CC1. The normalized spacial score (nSPS) is 32.3. The molecule has 7 nitrogen and oxygen atoms in total. The Bertz CT molecular complexity index is 710. The molecule has 2 saturated heterocycles. The Labute approximate surface area is 186 Å². The lowest BCUT2D eigenvalue weighted by atomic mass is 9.85. The van der Waals surface area contributed by atoms with Crippen LogP contribution in [0, 0.1) is 35.5 Å². The molecule has 0 aromatic rings. The summed E-state index contributed by atoms with van der Waals surface area (Å²) in [6.45, 7) is 11.0. The van der Waals surface area contributed by atoms with Gasteiger partial charge in [0.1, 0.15) is 0 Å². The highest BCUT2D eigenvalue weighted by Crippen LogP contribution is 2.52. The number of likely N-dealkylation sites (tertiary alicyclic amines) is 2. The molecule has 0 aromatic carbocycles. The fourth-order valence-corrected chi connectivity index (χ4v) is 6.04. The minimum Gasteiger partial charge on any atom is -0.355 e. The van der Waals surface area contributed by atoms with Crippen molar-refractivity contribution in [3.05, 3.63) is 12.2 Å². The number of hydrogen-bond donors (Lipinski definition) is 2. The molecule has 0 aromatic heterocycles. The summed E-state index contributed by atoms with van der Waals surface area (Å²) >= 11 is 0. The van der Waals surface area contributed by atoms with Crippen molar-refractivity contribution in [1.29, 1.82) is 0 Å². The molecule has 0 radical (unpaired) electrons. The summed E-state index contributed by atoms with van der Waals surface area (Å²) < 4.78 is 0. The molecule has 1 saturated carbocycles. The molecule has 3 fully saturated rings. The van der Waals surface area contributed by atoms with Gasteiger partial charge in [0.25, 0.3) is 0 Å². The molecule has 0 spiro atoms. The third kappa shape index (κ3) is 4.38. The number of carbonyl (C=O) groups is 2. The zero-order chi connectivity index (χ0) is 22.1. The number of aliphatic imine (C=N–C) groups is 1. The Balaban J connectivity index is 1.24. The van der Waals surface area contributed by atoms with Gasteiger partial charge < -0.3 is 10.6 Å². The highest BCUT2D eigenvalue weighted by atomic mass is 16.2. The summed E-state index contributed by atoms with van der Waals surface area (Å²) in [5, 5.41) is 6.77. The first kappa shape index (κ1) is 22.3. The number of allylic oxidation sites excluding steroid dienone is 2. The van der Waals surface area contributed by atoms with E-state index in [0.717, 1.165) is 37.9 Å². The molecule has 31 heavy (non-hydrogen) atoms. The van der Waals surface area contributed by atoms with E-state index in [0.29, 0.717) is 25.0 Å². The fraction of sp³-hybridized carbons (Fsp3) is 0.792. The maximum atomic E-state index is 12.8. The molecule has 172 valence electrons. The summed E-state index contributed by atoms with van der Waals surface area (Å²) in [5.74, 6) is 2.48. The van der Waals surface area contributed by atoms with Crippen molar-refractivity contribution in [2.24, 2.45) is 40.5 Å². The topological polar surface area (TPSA) is 77.0 Å². The van der Waals surface area contributed by atoms with Crippen molar-refractivity contribution in [3.8, 4) is 0 Å². The van der Waals surface area contributed by atoms with E-state index in [1.807, 2.05) is 0 Å². The van der Waals surface area contributed by atoms with Crippen LogP contribution in [0.2, 0.25) is 0 Å². The van der Waals surface area contributed by atoms with Gasteiger partial charge in [0.15, 0.2) is 5.96 Å². The molecule has 2 bridgehead atoms. The first-order chi connectivity index (χ1) is 14.9. The smallest absolute Gasteiger partial charge is 0.233 e. The molecule has 2 heterocycles. The van der Waals surface area contributed by atoms with Crippen LogP contribution in [-0.4, -0.2) is 73.4 Å². The predicted molar refractivity (Wildman–Crippen MR) is 122 cm³/mol. The first-order valence-corrected chi connectivity index (χ1v) is 12.1. The maximum absolute atomic E-state index is 12.8. The van der Waals surface area contributed by atoms with Crippen LogP contribution in [0.3, 0.4) is 0 Å². The Morgan fingerprint density at radius 3 is 2.26 bits per heavy atom. The summed E-state index contributed by atoms with van der Waals surface area (Å²) in [6.07, 6.45) is 7.79. The number of imide groups is 1. The van der Waals surface area contributed by atoms with Gasteiger partial charge in [-0.2, -0.15) is 0 Å². The largest absolute Gasteiger partial charge is 0.355 e. The molecule has 4 aliphatic rings. The quantitative estimate of drug-likeness (QED) is 0.279. The van der Waals surface area contributed by atoms with E-state index in [2.05, 4.69) is 53.4 Å². The van der Waals surface area contributed by atoms with Crippen LogP contribution in [0.4, 0.5) is 0 Å². The van der Waals surface area contributed by atoms with E-state index in [1.54, 1.807) is 7.05 Å². The predicted octanol–water partition coefficient (Wildman–Crippen LogP) is 1.72. The summed E-state index contributed by atoms with van der Waals surface area (Å²) in [7, 11) is 1.77. The highest BCUT2D eigenvalue weighted by Gasteiger charge is 2.58. The molecule has 2 amide bonds. The van der Waals surface area contributed by atoms with Crippen molar-refractivity contribution >= 4 is 17.8 Å². The summed E-state index contributed by atoms with van der Waals surface area (Å²) in [4.78, 5) is 34.1. The second-order valence-corrected chi connectivity index (χ2v) is 10.2. The van der Waals surface area contributed by atoms with Crippen molar-refractivity contribution in [2.45, 2.75) is 46.1 Å². The number of guanidine groups is 1. The summed E-state index contributed by atoms with van der Waals surface area (Å²) in [6, 6.07) is 0.468. The number of piperidine rings is 1. The van der Waals surface area contributed by atoms with E-state index < -0.39 is 0 Å². The van der Waals surface area contributed by atoms with Crippen LogP contribution in [-0.2, 0) is 9.59 Å². The molecule has 4 rings (SSSR count). The monoisotopic (exact) mass is 429 g/mol. The minimum atomic E-state index is -0.112. The van der Waals surface area contributed by atoms with Crippen LogP contribution < -0.4 is 10.6 Å². The zero-order valence-corrected chi connectivity index (χ0v) is 19.5. The van der Waals surface area contributed by atoms with E-state index in [-0.39, 0.29) is 35.5 Å². The average Bonchev–Trinajstić information content (AvgIpc) is 3.43. The Kier molecular flexibility index (Phi) is 6.70. The lowest BCUT2D eigenvalue weighted by Gasteiger charge is -2.39. The van der Waals surface area contributed by atoms with Crippen molar-refractivity contribution in [1.82, 2.24) is 20.4 Å². The molecule has 7 heteroatoms. The number of hydrogen-bond acceptors (Lipinski definition) is 4. The Morgan fingerprint density at radius 1 is 1.10 bits per heavy atom. The molecule has 2 N–H and O–H groups in total. The van der Waals surface area contributed by atoms with Crippen molar-refractivity contribution in [3.63, 3.8) is 0 Å². The van der Waals surface area contributed by atoms with Crippen molar-refractivity contribution in [2.75, 3.05) is 39.8 Å². The second-order valence-electron chi connectivity index (χ2n) is 10.2. The fourth-order valence-electron chi connectivity index (χ4n) is 6.04. The molecule has 5 atom stereocenters. The molecular formula is C24H39N5O2. The van der Waals surface area contributed by atoms with E-state index in [1.165, 1.54) is 17.7 Å². The van der Waals surface area contributed by atoms with Gasteiger partial charge in [-0.25, -0.2) is 0 Å². The van der Waals surface area contributed by atoms with E-state index >= 15 is 0 Å². The third-order valence-corrected chi connectivity index (χ3v) is 7.95. The highest BCUT2D eigenvalue weighted by molar-refractivity contribution is 6.06. The first-order valence-electron chi connectivity index (χ1n) is 12.1. The number of amides is 2. The van der Waals surface area contributed by atoms with Crippen molar-refractivity contribution < 1.29 is 9.59 Å². The van der Waals surface area contributed by atoms with Crippen LogP contribution in [0.15, 0.2) is 17.1 Å². The molecule has 5 unspecified atom stereocenters. The summed E-state index contributed by atoms with van der Waals surface area (Å²) in [5.41, 5.74) is 0. The van der Waals surface area contributed by atoms with Crippen LogP contribution in [0.25, 0.3) is 0 Å². The van der Waals surface area contributed by atoms with Gasteiger partial charge in [0.05, 0.1) is 11.8 Å². The maximum Gasteiger partial charge on any atom is 0.233 e. The number of nitrogens with zero attached hydrogens (tertiary/aromatic N) is 3. The number of nitrogens with one attached hydrogen (secondary N) is 2. The Hall–Kier alpha value is -1.89. The van der Waals surface area contributed by atoms with Gasteiger partial charge in [0, 0.05) is 32.7 Å². The zero-order valence-electron chi connectivity index (χ0n) is 19.5. The average molecular weight is 430 g/mol. The lowest BCUT2D eigenvalue weighted by Crippen LogP contribution is -2.52. The second kappa shape index (κ2) is 9.31. The van der Waals surface area contributed by atoms with E-state index in [9.17, 15) is 9.59 Å². The number of rotatable bonds is 7. The molecule has 2 aliphatic carbocycles. The Morgan fingerprint density at radius 2 is 1.71 bits per heavy atom. The molecule has 2 aliphatic heterocycles. The van der Waals surface area contributed by atoms with Gasteiger partial charge in [-0.1, -0.05) is 32.9 Å². The van der Waals surface area contributed by atoms with E-state index in [4.69, 9.17) is 0 Å². The van der Waals surface area contributed by atoms with Crippen LogP contribution in [0.5, 0.6) is 0 Å². The van der Waals surface area contributed by atoms with Gasteiger partial charge in [-0.05, 0) is 56.0 Å². The van der Waals surface area contributed by atoms with Gasteiger partial charge in [-0.3, -0.25) is 24.4 Å². The third-order valence-electron chi connectivity index (χ3n) is 7.95. The van der Waals surface area contributed by atoms with Crippen LogP contribution in [0.1, 0.15) is 40.0 Å². The molecular weight excluding hydrogens is 390 g/mol.